The summed E-state index contributed by atoms with van der Waals surface area (Å²) in [4.78, 5) is 25.8. The van der Waals surface area contributed by atoms with Gasteiger partial charge in [-0.15, -0.1) is 0 Å². The maximum Gasteiger partial charge on any atom is 0.260 e. The Labute approximate surface area is 189 Å². The smallest absolute Gasteiger partial charge is 0.260 e. The number of nitrogens with one attached hydrogen (secondary N) is 1. The molecule has 0 radical (unpaired) electrons. The molecule has 0 aliphatic carbocycles. The molecule has 2 aromatic carbocycles. The van der Waals surface area contributed by atoms with E-state index in [-0.39, 0.29) is 12.5 Å². The van der Waals surface area contributed by atoms with Crippen LogP contribution in [0.15, 0.2) is 54.6 Å². The first kappa shape index (κ1) is 21.6. The minimum absolute atomic E-state index is 0.00539. The van der Waals surface area contributed by atoms with E-state index in [0.717, 1.165) is 35.9 Å². The number of aryl methyl sites for hydroxylation is 3. The van der Waals surface area contributed by atoms with Crippen molar-refractivity contribution in [1.82, 2.24) is 14.9 Å². The van der Waals surface area contributed by atoms with Crippen molar-refractivity contribution in [2.24, 2.45) is 0 Å². The van der Waals surface area contributed by atoms with Gasteiger partial charge in [0.2, 0.25) is 5.95 Å². The summed E-state index contributed by atoms with van der Waals surface area (Å²) in [6, 6.07) is 17.9. The van der Waals surface area contributed by atoms with Gasteiger partial charge in [-0.05, 0) is 45.0 Å². The first-order chi connectivity index (χ1) is 15.5. The summed E-state index contributed by atoms with van der Waals surface area (Å²) in [6.07, 6.45) is 0. The Bertz CT molecular complexity index is 1060. The average molecular weight is 432 g/mol. The topological polar surface area (TPSA) is 70.6 Å². The third-order valence-electron chi connectivity index (χ3n) is 5.49. The van der Waals surface area contributed by atoms with Crippen LogP contribution in [-0.2, 0) is 4.79 Å². The molecule has 4 rings (SSSR count). The number of aromatic nitrogens is 2. The number of ether oxygens (including phenoxy) is 1. The minimum Gasteiger partial charge on any atom is -0.484 e. The van der Waals surface area contributed by atoms with Crippen LogP contribution in [0, 0.1) is 20.8 Å². The molecule has 1 aromatic heterocycles. The Morgan fingerprint density at radius 3 is 2.19 bits per heavy atom. The molecule has 7 heteroatoms. The number of nitrogens with zero attached hydrogens (tertiary/aromatic N) is 4. The van der Waals surface area contributed by atoms with Crippen LogP contribution in [0.4, 0.5) is 17.5 Å². The molecule has 1 amide bonds. The van der Waals surface area contributed by atoms with E-state index in [1.807, 2.05) is 61.2 Å². The van der Waals surface area contributed by atoms with Gasteiger partial charge in [0, 0.05) is 43.6 Å². The third kappa shape index (κ3) is 5.55. The molecule has 1 aliphatic heterocycles. The van der Waals surface area contributed by atoms with Crippen molar-refractivity contribution in [3.8, 4) is 5.75 Å². The van der Waals surface area contributed by atoms with Gasteiger partial charge in [-0.1, -0.05) is 35.4 Å². The predicted octanol–water partition coefficient (Wildman–Crippen LogP) is 3.87. The summed E-state index contributed by atoms with van der Waals surface area (Å²) in [7, 11) is 0. The summed E-state index contributed by atoms with van der Waals surface area (Å²) in [5.41, 5.74) is 4.22. The van der Waals surface area contributed by atoms with E-state index in [1.165, 1.54) is 5.56 Å². The molecular formula is C25H29N5O2. The van der Waals surface area contributed by atoms with Crippen LogP contribution in [0.25, 0.3) is 0 Å². The molecule has 1 N–H and O–H groups in total. The number of carbonyl (C=O) groups excluding carboxylic acids is 1. The second kappa shape index (κ2) is 9.68. The molecule has 0 spiro atoms. The lowest BCUT2D eigenvalue weighted by Gasteiger charge is -2.35. The second-order valence-electron chi connectivity index (χ2n) is 8.15. The Balaban J connectivity index is 1.33. The van der Waals surface area contributed by atoms with Crippen molar-refractivity contribution in [2.45, 2.75) is 20.8 Å². The zero-order valence-corrected chi connectivity index (χ0v) is 18.8. The fraction of sp³-hybridized carbons (Fsp3) is 0.320. The van der Waals surface area contributed by atoms with E-state index in [9.17, 15) is 4.79 Å². The Morgan fingerprint density at radius 2 is 1.53 bits per heavy atom. The average Bonchev–Trinajstić information content (AvgIpc) is 2.80. The summed E-state index contributed by atoms with van der Waals surface area (Å²) >= 11 is 0. The fourth-order valence-electron chi connectivity index (χ4n) is 3.59. The molecule has 1 saturated heterocycles. The lowest BCUT2D eigenvalue weighted by molar-refractivity contribution is -0.133. The summed E-state index contributed by atoms with van der Waals surface area (Å²) in [6.45, 7) is 8.82. The van der Waals surface area contributed by atoms with Gasteiger partial charge >= 0.3 is 0 Å². The van der Waals surface area contributed by atoms with Crippen LogP contribution in [0.5, 0.6) is 5.75 Å². The number of anilines is 3. The van der Waals surface area contributed by atoms with Crippen LogP contribution >= 0.6 is 0 Å². The Kier molecular flexibility index (Phi) is 6.54. The van der Waals surface area contributed by atoms with Crippen molar-refractivity contribution >= 4 is 23.4 Å². The van der Waals surface area contributed by atoms with E-state index in [0.29, 0.717) is 24.8 Å². The molecule has 3 aromatic rings. The highest BCUT2D eigenvalue weighted by Crippen LogP contribution is 2.20. The summed E-state index contributed by atoms with van der Waals surface area (Å²) < 4.78 is 5.65. The SMILES string of the molecule is Cc1ccc(Nc2nc(C)cc(N3CCN(C(=O)COc4ccc(C)cc4)CC3)n2)cc1. The first-order valence-corrected chi connectivity index (χ1v) is 10.9. The van der Waals surface area contributed by atoms with Crippen molar-refractivity contribution in [2.75, 3.05) is 43.0 Å². The van der Waals surface area contributed by atoms with Gasteiger partial charge < -0.3 is 19.9 Å². The number of hydrogen-bond donors (Lipinski definition) is 1. The molecule has 7 nitrogen and oxygen atoms in total. The van der Waals surface area contributed by atoms with Crippen LogP contribution in [-0.4, -0.2) is 53.6 Å². The van der Waals surface area contributed by atoms with Gasteiger partial charge in [0.15, 0.2) is 6.61 Å². The normalized spacial score (nSPS) is 13.7. The van der Waals surface area contributed by atoms with Gasteiger partial charge in [0.25, 0.3) is 5.91 Å². The lowest BCUT2D eigenvalue weighted by atomic mass is 10.2. The van der Waals surface area contributed by atoms with E-state index >= 15 is 0 Å². The first-order valence-electron chi connectivity index (χ1n) is 10.9. The van der Waals surface area contributed by atoms with Gasteiger partial charge in [-0.2, -0.15) is 4.98 Å². The van der Waals surface area contributed by atoms with Crippen LogP contribution in [0.3, 0.4) is 0 Å². The fourth-order valence-corrected chi connectivity index (χ4v) is 3.59. The molecule has 2 heterocycles. The zero-order chi connectivity index (χ0) is 22.5. The molecular weight excluding hydrogens is 402 g/mol. The van der Waals surface area contributed by atoms with Gasteiger partial charge in [0.1, 0.15) is 11.6 Å². The largest absolute Gasteiger partial charge is 0.484 e. The van der Waals surface area contributed by atoms with Crippen molar-refractivity contribution < 1.29 is 9.53 Å². The highest BCUT2D eigenvalue weighted by atomic mass is 16.5. The van der Waals surface area contributed by atoms with Crippen molar-refractivity contribution in [1.29, 1.82) is 0 Å². The van der Waals surface area contributed by atoms with Crippen molar-refractivity contribution in [3.63, 3.8) is 0 Å². The summed E-state index contributed by atoms with van der Waals surface area (Å²) in [5, 5.41) is 3.28. The van der Waals surface area contributed by atoms with E-state index in [2.05, 4.69) is 34.3 Å². The molecule has 0 unspecified atom stereocenters. The molecule has 0 atom stereocenters. The molecule has 32 heavy (non-hydrogen) atoms. The maximum atomic E-state index is 12.6. The number of amides is 1. The highest BCUT2D eigenvalue weighted by molar-refractivity contribution is 5.78. The predicted molar refractivity (Wildman–Crippen MR) is 127 cm³/mol. The number of hydrogen-bond acceptors (Lipinski definition) is 6. The second-order valence-corrected chi connectivity index (χ2v) is 8.15. The quantitative estimate of drug-likeness (QED) is 0.639. The molecule has 0 saturated carbocycles. The van der Waals surface area contributed by atoms with Crippen LogP contribution in [0.1, 0.15) is 16.8 Å². The highest BCUT2D eigenvalue weighted by Gasteiger charge is 2.23. The number of benzene rings is 2. The number of carbonyl (C=O) groups is 1. The monoisotopic (exact) mass is 431 g/mol. The molecule has 0 bridgehead atoms. The molecule has 1 aliphatic rings. The molecule has 166 valence electrons. The zero-order valence-electron chi connectivity index (χ0n) is 18.8. The van der Waals surface area contributed by atoms with Gasteiger partial charge in [0.05, 0.1) is 0 Å². The number of rotatable bonds is 6. The van der Waals surface area contributed by atoms with Crippen molar-refractivity contribution in [3.05, 3.63) is 71.4 Å². The number of piperazine rings is 1. The third-order valence-corrected chi connectivity index (χ3v) is 5.49. The minimum atomic E-state index is 0.00539. The summed E-state index contributed by atoms with van der Waals surface area (Å²) in [5.74, 6) is 2.17. The van der Waals surface area contributed by atoms with Crippen LogP contribution in [0.2, 0.25) is 0 Å². The van der Waals surface area contributed by atoms with E-state index < -0.39 is 0 Å². The van der Waals surface area contributed by atoms with Crippen LogP contribution < -0.4 is 15.0 Å². The van der Waals surface area contributed by atoms with Gasteiger partial charge in [-0.3, -0.25) is 4.79 Å². The van der Waals surface area contributed by atoms with Gasteiger partial charge in [-0.25, -0.2) is 4.98 Å². The van der Waals surface area contributed by atoms with E-state index in [1.54, 1.807) is 0 Å². The standard InChI is InChI=1S/C25H29N5O2/c1-18-4-8-21(9-5-18)27-25-26-20(3)16-23(28-25)29-12-14-30(15-13-29)24(31)17-32-22-10-6-19(2)7-11-22/h4-11,16H,12-15,17H2,1-3H3,(H,26,27,28). The van der Waals surface area contributed by atoms with E-state index in [4.69, 9.17) is 9.72 Å². The Morgan fingerprint density at radius 1 is 0.906 bits per heavy atom. The molecule has 1 fully saturated rings. The lowest BCUT2D eigenvalue weighted by Crippen LogP contribution is -2.50. The Hall–Kier alpha value is -3.61. The maximum absolute atomic E-state index is 12.6.